The molecule has 2 aromatic carbocycles. The van der Waals surface area contributed by atoms with Crippen LogP contribution in [0.5, 0.6) is 0 Å². The van der Waals surface area contributed by atoms with Gasteiger partial charge in [-0.2, -0.15) is 0 Å². The van der Waals surface area contributed by atoms with Crippen molar-refractivity contribution in [1.29, 1.82) is 0 Å². The fourth-order valence-corrected chi connectivity index (χ4v) is 6.37. The first kappa shape index (κ1) is 51.4. The van der Waals surface area contributed by atoms with Crippen LogP contribution in [0.2, 0.25) is 0 Å². The summed E-state index contributed by atoms with van der Waals surface area (Å²) >= 11 is 0. The molecule has 308 valence electrons. The van der Waals surface area contributed by atoms with E-state index < -0.39 is 0 Å². The van der Waals surface area contributed by atoms with Crippen molar-refractivity contribution in [3.8, 4) is 49.9 Å². The number of hydrogen-bond acceptors (Lipinski definition) is 1. The molecule has 0 N–H and O–H groups in total. The normalized spacial score (nSPS) is 13.6. The molecule has 0 aromatic heterocycles. The average Bonchev–Trinajstić information content (AvgIpc) is 3.24. The summed E-state index contributed by atoms with van der Waals surface area (Å²) in [5, 5.41) is 0. The number of benzene rings is 2. The SMILES string of the molecule is C#C.C#CC/C=C\C(C)=C(/Cc1ccc(N(/C(C)=C/C=C(CC#C)/C(C)=C/C=C\C)/C(C=C)=C/C=C/C/C(C#C)=C(/C=C\C)C(C)(C)C(=C)C)cc1)Cc1ccccc1C. The minimum absolute atomic E-state index is 0.254. The number of allylic oxidation sites excluding steroid dienone is 21. The smallest absolute Gasteiger partial charge is 0.0458 e. The Bertz CT molecular complexity index is 2230. The molecule has 1 nitrogen and oxygen atoms in total. The molecule has 0 bridgehead atoms. The van der Waals surface area contributed by atoms with Gasteiger partial charge >= 0.3 is 0 Å². The van der Waals surface area contributed by atoms with Crippen molar-refractivity contribution in [2.75, 3.05) is 4.90 Å². The molecule has 0 saturated heterocycles. The van der Waals surface area contributed by atoms with Gasteiger partial charge in [0.05, 0.1) is 0 Å². The van der Waals surface area contributed by atoms with Crippen LogP contribution in [0.25, 0.3) is 0 Å². The third kappa shape index (κ3) is 16.3. The maximum atomic E-state index is 6.10. The monoisotopic (exact) mass is 790 g/mol. The number of terminal acetylenes is 4. The predicted octanol–water partition coefficient (Wildman–Crippen LogP) is 15.2. The van der Waals surface area contributed by atoms with Gasteiger partial charge in [-0.25, -0.2) is 0 Å². The van der Waals surface area contributed by atoms with E-state index in [4.69, 9.17) is 19.3 Å². The van der Waals surface area contributed by atoms with Gasteiger partial charge in [0.25, 0.3) is 0 Å². The lowest BCUT2D eigenvalue weighted by atomic mass is 9.75. The standard InChI is InChI=1S/C57H65N.C2H2/c1-15-21-23-31-47(11)53(43-52-34-25-24-32-46(52)10)42-49-37-40-55(41-38-49)58(48(12)36-39-51(28-17-3)45(9)30-22-16-2)54(20-6)35-27-26-33-50(19-5)56(29-18-4)57(13,14)44(7)8;1-2/h1,3,5,16,18,20,22-27,29-32,34-41H,6-7,21,28,33,42-43H2,2,4,8-14H3;1-2H/b22-16-,27-26+,29-18-,31-23-,45-30+,48-36+,51-39+,53-47+,54-35+,56-50-;. The number of aryl methyl sites for hydroxylation is 1. The van der Waals surface area contributed by atoms with Gasteiger partial charge in [-0.1, -0.05) is 147 Å². The minimum Gasteiger partial charge on any atom is -0.315 e. The fourth-order valence-electron chi connectivity index (χ4n) is 6.37. The van der Waals surface area contributed by atoms with Crippen LogP contribution in [0.3, 0.4) is 0 Å². The van der Waals surface area contributed by atoms with E-state index in [-0.39, 0.29) is 5.41 Å². The van der Waals surface area contributed by atoms with E-state index in [9.17, 15) is 0 Å². The summed E-state index contributed by atoms with van der Waals surface area (Å²) in [6, 6.07) is 17.4. The van der Waals surface area contributed by atoms with Crippen LogP contribution in [0.4, 0.5) is 5.69 Å². The molecule has 1 heteroatoms. The van der Waals surface area contributed by atoms with Gasteiger partial charge < -0.3 is 4.90 Å². The molecule has 0 heterocycles. The Morgan fingerprint density at radius 2 is 1.48 bits per heavy atom. The van der Waals surface area contributed by atoms with Crippen LogP contribution in [0.1, 0.15) is 91.3 Å². The second kappa shape index (κ2) is 27.9. The highest BCUT2D eigenvalue weighted by molar-refractivity contribution is 5.62. The number of hydrogen-bond donors (Lipinski definition) is 0. The van der Waals surface area contributed by atoms with E-state index in [1.165, 1.54) is 27.8 Å². The van der Waals surface area contributed by atoms with Crippen molar-refractivity contribution >= 4 is 5.69 Å². The maximum absolute atomic E-state index is 6.10. The van der Waals surface area contributed by atoms with Gasteiger partial charge in [0.2, 0.25) is 0 Å². The Balaban J connectivity index is 0.00000886. The third-order valence-corrected chi connectivity index (χ3v) is 10.4. The molecule has 0 aliphatic heterocycles. The summed E-state index contributed by atoms with van der Waals surface area (Å²) in [5.41, 5.74) is 14.5. The maximum Gasteiger partial charge on any atom is 0.0458 e. The molecule has 0 spiro atoms. The average molecular weight is 790 g/mol. The topological polar surface area (TPSA) is 3.24 Å². The lowest BCUT2D eigenvalue weighted by Gasteiger charge is -2.28. The summed E-state index contributed by atoms with van der Waals surface area (Å²) in [6.07, 6.45) is 55.8. The summed E-state index contributed by atoms with van der Waals surface area (Å²) < 4.78 is 0. The van der Waals surface area contributed by atoms with E-state index >= 15 is 0 Å². The molecule has 0 aliphatic rings. The first-order chi connectivity index (χ1) is 28.8. The Kier molecular flexibility index (Phi) is 23.9. The Morgan fingerprint density at radius 1 is 0.800 bits per heavy atom. The number of nitrogens with zero attached hydrogens (tertiary/aromatic N) is 1. The van der Waals surface area contributed by atoms with Crippen molar-refractivity contribution in [2.24, 2.45) is 5.41 Å². The van der Waals surface area contributed by atoms with Gasteiger partial charge in [-0.05, 0) is 131 Å². The molecular weight excluding hydrogens is 723 g/mol. The van der Waals surface area contributed by atoms with Gasteiger partial charge in [0, 0.05) is 40.9 Å². The number of anilines is 1. The highest BCUT2D eigenvalue weighted by atomic mass is 15.1. The predicted molar refractivity (Wildman–Crippen MR) is 268 cm³/mol. The summed E-state index contributed by atoms with van der Waals surface area (Å²) in [7, 11) is 0. The molecule has 0 atom stereocenters. The molecule has 0 saturated carbocycles. The summed E-state index contributed by atoms with van der Waals surface area (Å²) in [5.74, 6) is 8.51. The molecular formula is C59H67N. The van der Waals surface area contributed by atoms with Crippen molar-refractivity contribution in [2.45, 2.75) is 94.4 Å². The minimum atomic E-state index is -0.254. The summed E-state index contributed by atoms with van der Waals surface area (Å²) in [6.45, 7) is 27.5. The van der Waals surface area contributed by atoms with E-state index in [0.717, 1.165) is 57.8 Å². The fraction of sp³-hybridized carbons (Fsp3) is 0.254. The molecule has 0 unspecified atom stereocenters. The molecule has 60 heavy (non-hydrogen) atoms. The Labute approximate surface area is 366 Å². The first-order valence-electron chi connectivity index (χ1n) is 20.4. The zero-order valence-corrected chi connectivity index (χ0v) is 37.9. The first-order valence-corrected chi connectivity index (χ1v) is 20.4. The van der Waals surface area contributed by atoms with Crippen molar-refractivity contribution < 1.29 is 0 Å². The van der Waals surface area contributed by atoms with Crippen LogP contribution in [0.15, 0.2) is 191 Å². The second-order valence-corrected chi connectivity index (χ2v) is 15.0. The molecule has 2 rings (SSSR count). The van der Waals surface area contributed by atoms with Crippen LogP contribution in [-0.4, -0.2) is 0 Å². The van der Waals surface area contributed by atoms with Gasteiger partial charge in [0.15, 0.2) is 0 Å². The van der Waals surface area contributed by atoms with Gasteiger partial charge in [-0.15, -0.1) is 44.0 Å². The van der Waals surface area contributed by atoms with E-state index in [1.807, 2.05) is 38.2 Å². The van der Waals surface area contributed by atoms with E-state index in [2.05, 4.69) is 200 Å². The van der Waals surface area contributed by atoms with E-state index in [0.29, 0.717) is 19.3 Å². The lowest BCUT2D eigenvalue weighted by molar-refractivity contribution is 0.549. The third-order valence-electron chi connectivity index (χ3n) is 10.4. The Hall–Kier alpha value is -6.64. The quantitative estimate of drug-likeness (QED) is 0.0734. The van der Waals surface area contributed by atoms with E-state index in [1.54, 1.807) is 0 Å². The van der Waals surface area contributed by atoms with Crippen molar-refractivity contribution in [3.05, 3.63) is 208 Å². The Morgan fingerprint density at radius 3 is 2.05 bits per heavy atom. The van der Waals surface area contributed by atoms with Crippen molar-refractivity contribution in [1.82, 2.24) is 0 Å². The number of rotatable bonds is 20. The van der Waals surface area contributed by atoms with Crippen LogP contribution in [0, 0.1) is 62.2 Å². The van der Waals surface area contributed by atoms with Crippen LogP contribution in [-0.2, 0) is 12.8 Å². The van der Waals surface area contributed by atoms with Crippen LogP contribution < -0.4 is 4.90 Å². The lowest BCUT2D eigenvalue weighted by Crippen LogP contribution is -2.19. The van der Waals surface area contributed by atoms with Crippen molar-refractivity contribution in [3.63, 3.8) is 0 Å². The molecule has 0 fully saturated rings. The zero-order valence-electron chi connectivity index (χ0n) is 37.9. The zero-order chi connectivity index (χ0) is 45.1. The molecule has 0 radical (unpaired) electrons. The molecule has 0 aliphatic carbocycles. The highest BCUT2D eigenvalue weighted by Gasteiger charge is 2.24. The molecule has 2 aromatic rings. The molecule has 0 amide bonds. The summed E-state index contributed by atoms with van der Waals surface area (Å²) in [4.78, 5) is 2.22. The van der Waals surface area contributed by atoms with Gasteiger partial charge in [0.1, 0.15) is 0 Å². The largest absolute Gasteiger partial charge is 0.315 e. The highest BCUT2D eigenvalue weighted by Crippen LogP contribution is 2.37. The second-order valence-electron chi connectivity index (χ2n) is 15.0. The van der Waals surface area contributed by atoms with Crippen LogP contribution >= 0.6 is 0 Å². The van der Waals surface area contributed by atoms with Gasteiger partial charge in [-0.3, -0.25) is 0 Å².